The van der Waals surface area contributed by atoms with E-state index >= 15 is 0 Å². The van der Waals surface area contributed by atoms with Gasteiger partial charge in [0, 0.05) is 0 Å². The third-order valence-corrected chi connectivity index (χ3v) is 0.545. The minimum Gasteiger partial charge on any atom is -0.412 e. The van der Waals surface area contributed by atoms with Gasteiger partial charge in [0.05, 0.1) is 0 Å². The zero-order valence-electron chi connectivity index (χ0n) is 4.37. The van der Waals surface area contributed by atoms with Crippen molar-refractivity contribution in [1.82, 2.24) is 15.2 Å². The quantitative estimate of drug-likeness (QED) is 0.534. The summed E-state index contributed by atoms with van der Waals surface area (Å²) in [5, 5.41) is 5.78. The number of aldehydes is 1. The van der Waals surface area contributed by atoms with Crippen molar-refractivity contribution in [3.8, 4) is 0 Å². The number of hydrogen-bond acceptors (Lipinski definition) is 3. The molecule has 5 nitrogen and oxygen atoms in total. The molecule has 0 radical (unpaired) electrons. The van der Waals surface area contributed by atoms with Crippen LogP contribution in [0.5, 0.6) is 0 Å². The van der Waals surface area contributed by atoms with Crippen LogP contribution in [-0.2, 0) is 0 Å². The lowest BCUT2D eigenvalue weighted by molar-refractivity contribution is 0.111. The molecule has 9 heavy (non-hydrogen) atoms. The Labute approximate surface area is 57.2 Å². The van der Waals surface area contributed by atoms with E-state index in [4.69, 9.17) is 0 Å². The summed E-state index contributed by atoms with van der Waals surface area (Å²) >= 11 is 0. The van der Waals surface area contributed by atoms with Crippen molar-refractivity contribution in [1.29, 1.82) is 0 Å². The first kappa shape index (κ1) is 10.9. The number of halogens is 1. The lowest BCUT2D eigenvalue weighted by Gasteiger charge is -1.66. The third kappa shape index (κ3) is 2.78. The zero-order valence-corrected chi connectivity index (χ0v) is 5.18. The SMILES string of the molecule is Cl.O.O=Cc1ncn[nH]1. The van der Waals surface area contributed by atoms with Crippen LogP contribution < -0.4 is 0 Å². The molecule has 52 valence electrons. The molecule has 6 heteroatoms. The molecule has 0 aliphatic carbocycles. The van der Waals surface area contributed by atoms with Crippen LogP contribution in [0.25, 0.3) is 0 Å². The van der Waals surface area contributed by atoms with Crippen LogP contribution in [0.1, 0.15) is 10.6 Å². The van der Waals surface area contributed by atoms with Gasteiger partial charge >= 0.3 is 0 Å². The molecule has 1 aromatic rings. The summed E-state index contributed by atoms with van der Waals surface area (Å²) in [6.45, 7) is 0. The number of carbonyl (C=O) groups excluding carboxylic acids is 1. The van der Waals surface area contributed by atoms with Gasteiger partial charge in [-0.15, -0.1) is 12.4 Å². The van der Waals surface area contributed by atoms with E-state index in [9.17, 15) is 4.79 Å². The second kappa shape index (κ2) is 5.20. The number of H-pyrrole nitrogens is 1. The maximum atomic E-state index is 9.73. The summed E-state index contributed by atoms with van der Waals surface area (Å²) in [6, 6.07) is 0. The van der Waals surface area contributed by atoms with Crippen molar-refractivity contribution in [2.75, 3.05) is 0 Å². The molecule has 0 saturated carbocycles. The molecular weight excluding hydrogens is 146 g/mol. The Bertz CT molecular complexity index is 152. The number of aromatic amines is 1. The largest absolute Gasteiger partial charge is 0.412 e. The molecular formula is C3H6ClN3O2. The maximum absolute atomic E-state index is 9.73. The van der Waals surface area contributed by atoms with Crippen LogP contribution in [-0.4, -0.2) is 26.9 Å². The molecule has 0 aromatic carbocycles. The van der Waals surface area contributed by atoms with E-state index in [2.05, 4.69) is 15.2 Å². The van der Waals surface area contributed by atoms with Crippen LogP contribution >= 0.6 is 12.4 Å². The fourth-order valence-corrected chi connectivity index (χ4v) is 0.272. The standard InChI is InChI=1S/C3H3N3O.ClH.H2O/c7-1-3-4-2-5-6-3;;/h1-2H,(H,4,5,6);1H;1H2. The van der Waals surface area contributed by atoms with Crippen LogP contribution in [0.15, 0.2) is 6.33 Å². The smallest absolute Gasteiger partial charge is 0.188 e. The summed E-state index contributed by atoms with van der Waals surface area (Å²) in [5.41, 5.74) is 0. The summed E-state index contributed by atoms with van der Waals surface area (Å²) in [5.74, 6) is 0.264. The van der Waals surface area contributed by atoms with Crippen LogP contribution in [0.4, 0.5) is 0 Å². The lowest BCUT2D eigenvalue weighted by Crippen LogP contribution is -1.79. The van der Waals surface area contributed by atoms with Gasteiger partial charge in [0.25, 0.3) is 0 Å². The highest BCUT2D eigenvalue weighted by Gasteiger charge is 1.84. The third-order valence-electron chi connectivity index (χ3n) is 0.545. The predicted molar refractivity (Wildman–Crippen MR) is 32.6 cm³/mol. The molecule has 0 aliphatic rings. The Kier molecular flexibility index (Phi) is 6.32. The van der Waals surface area contributed by atoms with E-state index in [1.54, 1.807) is 0 Å². The van der Waals surface area contributed by atoms with E-state index in [1.165, 1.54) is 6.33 Å². The van der Waals surface area contributed by atoms with E-state index in [0.29, 0.717) is 6.29 Å². The van der Waals surface area contributed by atoms with E-state index in [1.807, 2.05) is 0 Å². The molecule has 0 spiro atoms. The molecule has 0 bridgehead atoms. The molecule has 1 heterocycles. The van der Waals surface area contributed by atoms with Crippen molar-refractivity contribution in [3.63, 3.8) is 0 Å². The molecule has 0 atom stereocenters. The van der Waals surface area contributed by atoms with Gasteiger partial charge in [-0.1, -0.05) is 0 Å². The Morgan fingerprint density at radius 3 is 2.56 bits per heavy atom. The Morgan fingerprint density at radius 1 is 1.67 bits per heavy atom. The minimum atomic E-state index is 0. The molecule has 3 N–H and O–H groups in total. The van der Waals surface area contributed by atoms with Crippen LogP contribution in [0.2, 0.25) is 0 Å². The van der Waals surface area contributed by atoms with Crippen molar-refractivity contribution < 1.29 is 10.3 Å². The number of aromatic nitrogens is 3. The number of carbonyl (C=O) groups is 1. The van der Waals surface area contributed by atoms with Gasteiger partial charge in [0.15, 0.2) is 12.1 Å². The molecule has 0 saturated heterocycles. The van der Waals surface area contributed by atoms with Crippen molar-refractivity contribution in [2.45, 2.75) is 0 Å². The summed E-state index contributed by atoms with van der Waals surface area (Å²) in [7, 11) is 0. The average molecular weight is 152 g/mol. The molecule has 1 rings (SSSR count). The van der Waals surface area contributed by atoms with Gasteiger partial charge in [0.2, 0.25) is 0 Å². The Balaban J connectivity index is 0. The van der Waals surface area contributed by atoms with Crippen LogP contribution in [0.3, 0.4) is 0 Å². The van der Waals surface area contributed by atoms with E-state index in [-0.39, 0.29) is 23.7 Å². The first-order chi connectivity index (χ1) is 3.43. The van der Waals surface area contributed by atoms with Gasteiger partial charge < -0.3 is 5.48 Å². The molecule has 0 fully saturated rings. The van der Waals surface area contributed by atoms with Gasteiger partial charge in [0.1, 0.15) is 6.33 Å². The molecule has 1 aromatic heterocycles. The highest BCUT2D eigenvalue weighted by atomic mass is 35.5. The second-order valence-corrected chi connectivity index (χ2v) is 0.989. The Hall–Kier alpha value is -0.940. The lowest BCUT2D eigenvalue weighted by atomic mass is 10.7. The Morgan fingerprint density at radius 2 is 2.33 bits per heavy atom. The molecule has 0 amide bonds. The van der Waals surface area contributed by atoms with E-state index < -0.39 is 0 Å². The summed E-state index contributed by atoms with van der Waals surface area (Å²) < 4.78 is 0. The van der Waals surface area contributed by atoms with Gasteiger partial charge in [-0.3, -0.25) is 9.89 Å². The summed E-state index contributed by atoms with van der Waals surface area (Å²) in [4.78, 5) is 13.2. The van der Waals surface area contributed by atoms with Gasteiger partial charge in [-0.25, -0.2) is 4.98 Å². The monoisotopic (exact) mass is 151 g/mol. The fourth-order valence-electron chi connectivity index (χ4n) is 0.272. The highest BCUT2D eigenvalue weighted by Crippen LogP contribution is 1.72. The van der Waals surface area contributed by atoms with Gasteiger partial charge in [-0.05, 0) is 0 Å². The average Bonchev–Trinajstić information content (AvgIpc) is 2.14. The van der Waals surface area contributed by atoms with Crippen molar-refractivity contribution in [3.05, 3.63) is 12.2 Å². The first-order valence-corrected chi connectivity index (χ1v) is 1.74. The highest BCUT2D eigenvalue weighted by molar-refractivity contribution is 5.85. The number of nitrogens with zero attached hydrogens (tertiary/aromatic N) is 2. The van der Waals surface area contributed by atoms with Crippen molar-refractivity contribution >= 4 is 18.7 Å². The number of hydrogen-bond donors (Lipinski definition) is 1. The topological polar surface area (TPSA) is 90.1 Å². The maximum Gasteiger partial charge on any atom is 0.188 e. The van der Waals surface area contributed by atoms with E-state index in [0.717, 1.165) is 0 Å². The van der Waals surface area contributed by atoms with Gasteiger partial charge in [-0.2, -0.15) is 5.10 Å². The van der Waals surface area contributed by atoms with Crippen molar-refractivity contribution in [2.24, 2.45) is 0 Å². The fraction of sp³-hybridized carbons (Fsp3) is 0. The molecule has 0 unspecified atom stereocenters. The number of nitrogens with one attached hydrogen (secondary N) is 1. The predicted octanol–water partition coefficient (Wildman–Crippen LogP) is -0.786. The first-order valence-electron chi connectivity index (χ1n) is 1.74. The number of rotatable bonds is 1. The summed E-state index contributed by atoms with van der Waals surface area (Å²) in [6.07, 6.45) is 1.89. The minimum absolute atomic E-state index is 0. The zero-order chi connectivity index (χ0) is 5.11. The molecule has 0 aliphatic heterocycles. The van der Waals surface area contributed by atoms with Crippen LogP contribution in [0, 0.1) is 0 Å². The normalized spacial score (nSPS) is 6.67. The second-order valence-electron chi connectivity index (χ2n) is 0.989.